The van der Waals surface area contributed by atoms with E-state index < -0.39 is 0 Å². The van der Waals surface area contributed by atoms with Crippen molar-refractivity contribution >= 4 is 48.8 Å². The molecule has 0 radical (unpaired) electrons. The molecule has 138 valence electrons. The third-order valence-corrected chi connectivity index (χ3v) is 5.23. The van der Waals surface area contributed by atoms with Gasteiger partial charge in [0.15, 0.2) is 17.0 Å². The van der Waals surface area contributed by atoms with Crippen LogP contribution in [-0.4, -0.2) is 38.1 Å². The van der Waals surface area contributed by atoms with Crippen molar-refractivity contribution in [2.75, 3.05) is 18.0 Å². The van der Waals surface area contributed by atoms with Crippen molar-refractivity contribution in [2.45, 2.75) is 40.0 Å². The van der Waals surface area contributed by atoms with Crippen LogP contribution in [0.5, 0.6) is 0 Å². The molecule has 2 aromatic heterocycles. The molecule has 0 saturated heterocycles. The van der Waals surface area contributed by atoms with Crippen molar-refractivity contribution in [3.05, 3.63) is 33.0 Å². The Morgan fingerprint density at radius 2 is 1.88 bits per heavy atom. The molecule has 0 atom stereocenters. The first-order chi connectivity index (χ1) is 12.5. The van der Waals surface area contributed by atoms with Crippen LogP contribution in [0.15, 0.2) is 27.1 Å². The highest BCUT2D eigenvalue weighted by Gasteiger charge is 2.19. The highest BCUT2D eigenvalue weighted by Crippen LogP contribution is 2.29. The van der Waals surface area contributed by atoms with E-state index >= 15 is 0 Å². The number of halogens is 2. The van der Waals surface area contributed by atoms with Gasteiger partial charge in [0, 0.05) is 22.0 Å². The van der Waals surface area contributed by atoms with Crippen molar-refractivity contribution in [1.82, 2.24) is 25.0 Å². The topological polar surface area (TPSA) is 59.7 Å². The van der Waals surface area contributed by atoms with Crippen LogP contribution in [0.25, 0.3) is 16.9 Å². The van der Waals surface area contributed by atoms with E-state index in [1.54, 1.807) is 4.68 Å². The predicted molar refractivity (Wildman–Crippen MR) is 112 cm³/mol. The van der Waals surface area contributed by atoms with Crippen molar-refractivity contribution in [3.8, 4) is 5.69 Å². The van der Waals surface area contributed by atoms with E-state index in [-0.39, 0.29) is 0 Å². The highest BCUT2D eigenvalue weighted by atomic mass is 79.9. The maximum absolute atomic E-state index is 4.70. The molecule has 2 heterocycles. The van der Waals surface area contributed by atoms with E-state index in [4.69, 9.17) is 4.98 Å². The highest BCUT2D eigenvalue weighted by molar-refractivity contribution is 9.11. The molecule has 0 bridgehead atoms. The summed E-state index contributed by atoms with van der Waals surface area (Å²) in [5.74, 6) is 1.60. The maximum atomic E-state index is 4.70. The minimum atomic E-state index is 0.724. The molecule has 0 spiro atoms. The Morgan fingerprint density at radius 3 is 2.58 bits per heavy atom. The van der Waals surface area contributed by atoms with Crippen LogP contribution in [-0.2, 0) is 0 Å². The van der Waals surface area contributed by atoms with Crippen molar-refractivity contribution in [2.24, 2.45) is 0 Å². The van der Waals surface area contributed by atoms with Gasteiger partial charge in [-0.15, -0.1) is 5.10 Å². The van der Waals surface area contributed by atoms with Gasteiger partial charge >= 0.3 is 0 Å². The van der Waals surface area contributed by atoms with Crippen LogP contribution in [0, 0.1) is 6.92 Å². The molecule has 26 heavy (non-hydrogen) atoms. The van der Waals surface area contributed by atoms with Crippen LogP contribution in [0.3, 0.4) is 0 Å². The second kappa shape index (κ2) is 8.43. The third kappa shape index (κ3) is 3.91. The molecular weight excluding hydrogens is 460 g/mol. The Bertz CT molecular complexity index is 908. The Labute approximate surface area is 170 Å². The minimum absolute atomic E-state index is 0.724. The standard InChI is InChI=1S/C18H22Br2N6/c1-4-6-10-25(9-5-2)17-16-18(22-12(3)21-17)26(24-23-16)15-8-7-13(19)11-14(15)20/h7-8,11H,4-6,9-10H2,1-3H3. The lowest BCUT2D eigenvalue weighted by atomic mass is 10.3. The van der Waals surface area contributed by atoms with Gasteiger partial charge in [-0.05, 0) is 53.9 Å². The average Bonchev–Trinajstić information content (AvgIpc) is 3.01. The van der Waals surface area contributed by atoms with E-state index in [0.717, 1.165) is 69.8 Å². The number of aromatic nitrogens is 5. The zero-order valence-corrected chi connectivity index (χ0v) is 18.4. The normalized spacial score (nSPS) is 11.3. The monoisotopic (exact) mass is 480 g/mol. The van der Waals surface area contributed by atoms with Crippen LogP contribution in [0.1, 0.15) is 38.9 Å². The Morgan fingerprint density at radius 1 is 1.08 bits per heavy atom. The quantitative estimate of drug-likeness (QED) is 0.472. The summed E-state index contributed by atoms with van der Waals surface area (Å²) in [4.78, 5) is 11.6. The number of hydrogen-bond donors (Lipinski definition) is 0. The largest absolute Gasteiger partial charge is 0.355 e. The maximum Gasteiger partial charge on any atom is 0.189 e. The van der Waals surface area contributed by atoms with Crippen LogP contribution in [0.2, 0.25) is 0 Å². The lowest BCUT2D eigenvalue weighted by molar-refractivity contribution is 0.696. The number of fused-ring (bicyclic) bond motifs is 1. The minimum Gasteiger partial charge on any atom is -0.355 e. The van der Waals surface area contributed by atoms with Crippen LogP contribution < -0.4 is 4.90 Å². The second-order valence-corrected chi connectivity index (χ2v) is 7.97. The van der Waals surface area contributed by atoms with Gasteiger partial charge in [0.2, 0.25) is 0 Å². The number of aryl methyl sites for hydroxylation is 1. The van der Waals surface area contributed by atoms with Crippen LogP contribution in [0.4, 0.5) is 5.82 Å². The van der Waals surface area contributed by atoms with Gasteiger partial charge < -0.3 is 4.90 Å². The molecule has 0 aliphatic carbocycles. The third-order valence-electron chi connectivity index (χ3n) is 4.11. The van der Waals surface area contributed by atoms with Gasteiger partial charge in [-0.1, -0.05) is 41.4 Å². The fraction of sp³-hybridized carbons (Fsp3) is 0.444. The predicted octanol–water partition coefficient (Wildman–Crippen LogP) is 5.06. The molecule has 8 heteroatoms. The number of hydrogen-bond acceptors (Lipinski definition) is 5. The number of benzene rings is 1. The summed E-state index contributed by atoms with van der Waals surface area (Å²) in [6.45, 7) is 8.21. The first-order valence-electron chi connectivity index (χ1n) is 8.85. The summed E-state index contributed by atoms with van der Waals surface area (Å²) in [6.07, 6.45) is 3.32. The van der Waals surface area contributed by atoms with Crippen LogP contribution >= 0.6 is 31.9 Å². The Kier molecular flexibility index (Phi) is 6.24. The van der Waals surface area contributed by atoms with E-state index in [9.17, 15) is 0 Å². The van der Waals surface area contributed by atoms with E-state index in [2.05, 4.69) is 65.9 Å². The van der Waals surface area contributed by atoms with Gasteiger partial charge in [-0.25, -0.2) is 9.97 Å². The van der Waals surface area contributed by atoms with E-state index in [0.29, 0.717) is 0 Å². The molecule has 0 aliphatic heterocycles. The van der Waals surface area contributed by atoms with Gasteiger partial charge in [0.05, 0.1) is 5.69 Å². The fourth-order valence-electron chi connectivity index (χ4n) is 2.88. The second-order valence-electron chi connectivity index (χ2n) is 6.20. The van der Waals surface area contributed by atoms with E-state index in [1.807, 2.05) is 25.1 Å². The summed E-state index contributed by atoms with van der Waals surface area (Å²) in [5.41, 5.74) is 2.37. The summed E-state index contributed by atoms with van der Waals surface area (Å²) in [7, 11) is 0. The molecule has 1 aromatic carbocycles. The first kappa shape index (κ1) is 19.2. The first-order valence-corrected chi connectivity index (χ1v) is 10.4. The molecular formula is C18H22Br2N6. The molecule has 3 aromatic rings. The van der Waals surface area contributed by atoms with Crippen molar-refractivity contribution in [1.29, 1.82) is 0 Å². The lowest BCUT2D eigenvalue weighted by Gasteiger charge is -2.23. The van der Waals surface area contributed by atoms with E-state index in [1.165, 1.54) is 0 Å². The molecule has 0 saturated carbocycles. The molecule has 0 unspecified atom stereocenters. The lowest BCUT2D eigenvalue weighted by Crippen LogP contribution is -2.27. The van der Waals surface area contributed by atoms with Crippen molar-refractivity contribution in [3.63, 3.8) is 0 Å². The summed E-state index contributed by atoms with van der Waals surface area (Å²) in [5, 5.41) is 8.80. The SMILES string of the molecule is CCCCN(CCC)c1nc(C)nc2c1nnn2-c1ccc(Br)cc1Br. The van der Waals surface area contributed by atoms with Gasteiger partial charge in [0.25, 0.3) is 0 Å². The van der Waals surface area contributed by atoms with Crippen molar-refractivity contribution < 1.29 is 0 Å². The molecule has 0 amide bonds. The average molecular weight is 482 g/mol. The number of rotatable bonds is 7. The molecule has 0 N–H and O–H groups in total. The zero-order chi connectivity index (χ0) is 18.7. The van der Waals surface area contributed by atoms with Gasteiger partial charge in [0.1, 0.15) is 5.82 Å². The molecule has 0 aliphatic rings. The van der Waals surface area contributed by atoms with Gasteiger partial charge in [-0.3, -0.25) is 0 Å². The molecule has 0 fully saturated rings. The zero-order valence-electron chi connectivity index (χ0n) is 15.2. The smallest absolute Gasteiger partial charge is 0.189 e. The summed E-state index contributed by atoms with van der Waals surface area (Å²) < 4.78 is 3.69. The fourth-order valence-corrected chi connectivity index (χ4v) is 4.10. The molecule has 3 rings (SSSR count). The summed E-state index contributed by atoms with van der Waals surface area (Å²) >= 11 is 7.09. The number of anilines is 1. The Balaban J connectivity index is 2.14. The number of nitrogens with zero attached hydrogens (tertiary/aromatic N) is 6. The Hall–Kier alpha value is -1.54. The van der Waals surface area contributed by atoms with Gasteiger partial charge in [-0.2, -0.15) is 4.68 Å². The number of unbranched alkanes of at least 4 members (excludes halogenated alkanes) is 1. The summed E-state index contributed by atoms with van der Waals surface area (Å²) in [6, 6.07) is 5.95. The molecule has 6 nitrogen and oxygen atoms in total.